The number of aryl methyl sites for hydroxylation is 1. The van der Waals surface area contributed by atoms with Crippen molar-refractivity contribution in [3.8, 4) is 0 Å². The zero-order chi connectivity index (χ0) is 22.6. The molecule has 1 fully saturated rings. The zero-order valence-electron chi connectivity index (χ0n) is 17.9. The van der Waals surface area contributed by atoms with Gasteiger partial charge in [0.2, 0.25) is 10.0 Å². The molecule has 0 saturated carbocycles. The molecular weight excluding hydrogens is 428 g/mol. The monoisotopic (exact) mass is 454 g/mol. The Kier molecular flexibility index (Phi) is 6.69. The van der Waals surface area contributed by atoms with Crippen molar-refractivity contribution >= 4 is 15.9 Å². The molecule has 0 spiro atoms. The summed E-state index contributed by atoms with van der Waals surface area (Å²) in [5.74, 6) is 0.642. The standard InChI is InChI=1S/C23H26N4O4S/c1-18-14-21(31-25-18)17-26-10-12-27(13-11-26)23(28)20-8-5-9-22(15-20)32(29,30)24-16-19-6-3-2-4-7-19/h2-9,14-15,24H,10-13,16-17H2,1H3. The van der Waals surface area contributed by atoms with Gasteiger partial charge in [-0.2, -0.15) is 0 Å². The number of nitrogens with zero attached hydrogens (tertiary/aromatic N) is 3. The minimum absolute atomic E-state index is 0.0820. The molecular formula is C23H26N4O4S. The average Bonchev–Trinajstić information content (AvgIpc) is 3.23. The van der Waals surface area contributed by atoms with Crippen molar-refractivity contribution in [2.24, 2.45) is 0 Å². The quantitative estimate of drug-likeness (QED) is 0.589. The Labute approximate surface area is 187 Å². The largest absolute Gasteiger partial charge is 0.360 e. The summed E-state index contributed by atoms with van der Waals surface area (Å²) in [6, 6.07) is 17.4. The van der Waals surface area contributed by atoms with E-state index >= 15 is 0 Å². The first-order valence-corrected chi connectivity index (χ1v) is 12.0. The van der Waals surface area contributed by atoms with Crippen LogP contribution in [0.4, 0.5) is 0 Å². The van der Waals surface area contributed by atoms with Crippen LogP contribution in [0.3, 0.4) is 0 Å². The Morgan fingerprint density at radius 2 is 1.78 bits per heavy atom. The van der Waals surface area contributed by atoms with Crippen molar-refractivity contribution in [2.75, 3.05) is 26.2 Å². The van der Waals surface area contributed by atoms with Gasteiger partial charge in [0.1, 0.15) is 0 Å². The second-order valence-corrected chi connectivity index (χ2v) is 9.61. The first kappa shape index (κ1) is 22.2. The van der Waals surface area contributed by atoms with Crippen LogP contribution in [0, 0.1) is 6.92 Å². The molecule has 4 rings (SSSR count). The normalized spacial score (nSPS) is 15.1. The van der Waals surface area contributed by atoms with E-state index in [1.165, 1.54) is 12.1 Å². The van der Waals surface area contributed by atoms with Crippen LogP contribution in [-0.4, -0.2) is 55.5 Å². The van der Waals surface area contributed by atoms with Crippen LogP contribution in [0.5, 0.6) is 0 Å². The van der Waals surface area contributed by atoms with Gasteiger partial charge in [-0.1, -0.05) is 41.6 Å². The van der Waals surface area contributed by atoms with Gasteiger partial charge in [0, 0.05) is 44.4 Å². The maximum absolute atomic E-state index is 13.0. The van der Waals surface area contributed by atoms with Crippen molar-refractivity contribution in [2.45, 2.75) is 24.9 Å². The van der Waals surface area contributed by atoms with Gasteiger partial charge in [0.15, 0.2) is 5.76 Å². The number of hydrogen-bond acceptors (Lipinski definition) is 6. The topological polar surface area (TPSA) is 95.8 Å². The molecule has 1 N–H and O–H groups in total. The van der Waals surface area contributed by atoms with Gasteiger partial charge in [-0.3, -0.25) is 9.69 Å². The highest BCUT2D eigenvalue weighted by Crippen LogP contribution is 2.16. The highest BCUT2D eigenvalue weighted by atomic mass is 32.2. The number of carbonyl (C=O) groups excluding carboxylic acids is 1. The fourth-order valence-electron chi connectivity index (χ4n) is 3.66. The molecule has 2 heterocycles. The number of carbonyl (C=O) groups is 1. The molecule has 1 saturated heterocycles. The first-order valence-electron chi connectivity index (χ1n) is 10.5. The Hall–Kier alpha value is -3.01. The van der Waals surface area contributed by atoms with Gasteiger partial charge in [-0.15, -0.1) is 0 Å². The van der Waals surface area contributed by atoms with Crippen LogP contribution in [0.1, 0.15) is 27.4 Å². The van der Waals surface area contributed by atoms with Crippen molar-refractivity contribution in [1.82, 2.24) is 19.7 Å². The van der Waals surface area contributed by atoms with Crippen molar-refractivity contribution < 1.29 is 17.7 Å². The summed E-state index contributed by atoms with van der Waals surface area (Å²) in [4.78, 5) is 17.0. The maximum atomic E-state index is 13.0. The molecule has 3 aromatic rings. The van der Waals surface area contributed by atoms with Crippen LogP contribution in [0.2, 0.25) is 0 Å². The number of piperazine rings is 1. The average molecular weight is 455 g/mol. The first-order chi connectivity index (χ1) is 15.4. The van der Waals surface area contributed by atoms with Crippen LogP contribution in [0.15, 0.2) is 70.1 Å². The van der Waals surface area contributed by atoms with Gasteiger partial charge in [-0.05, 0) is 30.7 Å². The van der Waals surface area contributed by atoms with Crippen molar-refractivity contribution in [3.05, 3.63) is 83.2 Å². The molecule has 0 unspecified atom stereocenters. The molecule has 1 aliphatic rings. The van der Waals surface area contributed by atoms with E-state index in [-0.39, 0.29) is 17.3 Å². The zero-order valence-corrected chi connectivity index (χ0v) is 18.7. The lowest BCUT2D eigenvalue weighted by Crippen LogP contribution is -2.48. The summed E-state index contributed by atoms with van der Waals surface area (Å²) in [6.07, 6.45) is 0. The van der Waals surface area contributed by atoms with Gasteiger partial charge in [-0.25, -0.2) is 13.1 Å². The van der Waals surface area contributed by atoms with E-state index in [0.29, 0.717) is 38.3 Å². The number of sulfonamides is 1. The third kappa shape index (κ3) is 5.42. The summed E-state index contributed by atoms with van der Waals surface area (Å²) < 4.78 is 33.3. The van der Waals surface area contributed by atoms with Gasteiger partial charge in [0.05, 0.1) is 17.1 Å². The lowest BCUT2D eigenvalue weighted by Gasteiger charge is -2.34. The molecule has 1 aliphatic heterocycles. The SMILES string of the molecule is Cc1cc(CN2CCN(C(=O)c3cccc(S(=O)(=O)NCc4ccccc4)c3)CC2)on1. The van der Waals surface area contributed by atoms with Crippen LogP contribution in [0.25, 0.3) is 0 Å². The minimum atomic E-state index is -3.73. The number of hydrogen-bond donors (Lipinski definition) is 1. The molecule has 8 nitrogen and oxygen atoms in total. The Morgan fingerprint density at radius 1 is 1.03 bits per heavy atom. The third-order valence-corrected chi connectivity index (χ3v) is 6.82. The Balaban J connectivity index is 1.37. The third-order valence-electron chi connectivity index (χ3n) is 5.42. The predicted octanol–water partition coefficient (Wildman–Crippen LogP) is 2.42. The van der Waals surface area contributed by atoms with E-state index in [9.17, 15) is 13.2 Å². The van der Waals surface area contributed by atoms with E-state index in [2.05, 4.69) is 14.8 Å². The Morgan fingerprint density at radius 3 is 2.47 bits per heavy atom. The van der Waals surface area contributed by atoms with Gasteiger partial charge in [0.25, 0.3) is 5.91 Å². The number of benzene rings is 2. The summed E-state index contributed by atoms with van der Waals surface area (Å²) >= 11 is 0. The Bertz CT molecular complexity index is 1170. The highest BCUT2D eigenvalue weighted by molar-refractivity contribution is 7.89. The van der Waals surface area contributed by atoms with E-state index in [0.717, 1.165) is 17.0 Å². The maximum Gasteiger partial charge on any atom is 0.253 e. The molecule has 1 aromatic heterocycles. The minimum Gasteiger partial charge on any atom is -0.360 e. The number of nitrogens with one attached hydrogen (secondary N) is 1. The molecule has 2 aromatic carbocycles. The van der Waals surface area contributed by atoms with Crippen molar-refractivity contribution in [1.29, 1.82) is 0 Å². The lowest BCUT2D eigenvalue weighted by molar-refractivity contribution is 0.0617. The second kappa shape index (κ2) is 9.64. The second-order valence-electron chi connectivity index (χ2n) is 7.84. The van der Waals surface area contributed by atoms with E-state index < -0.39 is 10.0 Å². The molecule has 0 radical (unpaired) electrons. The lowest BCUT2D eigenvalue weighted by atomic mass is 10.2. The summed E-state index contributed by atoms with van der Waals surface area (Å²) in [5, 5.41) is 3.90. The number of amides is 1. The van der Waals surface area contributed by atoms with E-state index in [4.69, 9.17) is 4.52 Å². The fourth-order valence-corrected chi connectivity index (χ4v) is 4.72. The van der Waals surface area contributed by atoms with Gasteiger partial charge >= 0.3 is 0 Å². The van der Waals surface area contributed by atoms with Crippen LogP contribution in [-0.2, 0) is 23.1 Å². The molecule has 0 atom stereocenters. The van der Waals surface area contributed by atoms with Crippen molar-refractivity contribution in [3.63, 3.8) is 0 Å². The molecule has 168 valence electrons. The van der Waals surface area contributed by atoms with E-state index in [1.54, 1.807) is 17.0 Å². The van der Waals surface area contributed by atoms with Gasteiger partial charge < -0.3 is 9.42 Å². The fraction of sp³-hybridized carbons (Fsp3) is 0.304. The smallest absolute Gasteiger partial charge is 0.253 e. The molecule has 9 heteroatoms. The molecule has 1 amide bonds. The summed E-state index contributed by atoms with van der Waals surface area (Å²) in [5.41, 5.74) is 2.08. The summed E-state index contributed by atoms with van der Waals surface area (Å²) in [7, 11) is -3.73. The van der Waals surface area contributed by atoms with E-state index in [1.807, 2.05) is 43.3 Å². The number of rotatable bonds is 7. The number of aromatic nitrogens is 1. The highest BCUT2D eigenvalue weighted by Gasteiger charge is 2.24. The molecule has 0 aliphatic carbocycles. The van der Waals surface area contributed by atoms with Crippen LogP contribution < -0.4 is 4.72 Å². The molecule has 32 heavy (non-hydrogen) atoms. The predicted molar refractivity (Wildman–Crippen MR) is 119 cm³/mol. The summed E-state index contributed by atoms with van der Waals surface area (Å²) in [6.45, 7) is 5.28. The molecule has 0 bridgehead atoms. The van der Waals surface area contributed by atoms with Crippen LogP contribution >= 0.6 is 0 Å².